The summed E-state index contributed by atoms with van der Waals surface area (Å²) in [4.78, 5) is 31.2. The summed E-state index contributed by atoms with van der Waals surface area (Å²) >= 11 is 1.59. The molecule has 3 aromatic rings. The van der Waals surface area contributed by atoms with E-state index in [4.69, 9.17) is 4.74 Å². The molecular weight excluding hydrogens is 444 g/mol. The molecule has 1 fully saturated rings. The van der Waals surface area contributed by atoms with Gasteiger partial charge in [-0.05, 0) is 48.4 Å². The molecule has 6 heteroatoms. The van der Waals surface area contributed by atoms with Crippen LogP contribution in [0.3, 0.4) is 0 Å². The van der Waals surface area contributed by atoms with Gasteiger partial charge in [0.1, 0.15) is 11.5 Å². The van der Waals surface area contributed by atoms with Crippen molar-refractivity contribution in [2.45, 2.75) is 29.7 Å². The summed E-state index contributed by atoms with van der Waals surface area (Å²) in [5, 5.41) is 0. The normalized spacial score (nSPS) is 15.8. The maximum absolute atomic E-state index is 12.8. The van der Waals surface area contributed by atoms with Gasteiger partial charge < -0.3 is 4.74 Å². The molecule has 34 heavy (non-hydrogen) atoms. The van der Waals surface area contributed by atoms with Crippen LogP contribution in [0.25, 0.3) is 0 Å². The predicted molar refractivity (Wildman–Crippen MR) is 134 cm³/mol. The van der Waals surface area contributed by atoms with E-state index in [1.807, 2.05) is 36.4 Å². The van der Waals surface area contributed by atoms with Crippen molar-refractivity contribution < 1.29 is 14.3 Å². The SMILES string of the molecule is CC(=O)c1ccc2c(c1)Sc1cc(CC(=O)CN3CCN(Cc4ccccc4)CC3)ccc1O2. The van der Waals surface area contributed by atoms with Gasteiger partial charge in [-0.3, -0.25) is 19.4 Å². The molecule has 2 aliphatic heterocycles. The number of piperazine rings is 1. The van der Waals surface area contributed by atoms with E-state index in [2.05, 4.69) is 34.1 Å². The molecule has 5 nitrogen and oxygen atoms in total. The van der Waals surface area contributed by atoms with E-state index >= 15 is 0 Å². The van der Waals surface area contributed by atoms with E-state index in [1.54, 1.807) is 24.8 Å². The van der Waals surface area contributed by atoms with Gasteiger partial charge in [0, 0.05) is 44.7 Å². The Hall–Kier alpha value is -2.93. The van der Waals surface area contributed by atoms with Crippen LogP contribution in [-0.4, -0.2) is 54.1 Å². The molecule has 0 aromatic heterocycles. The zero-order valence-electron chi connectivity index (χ0n) is 19.3. The van der Waals surface area contributed by atoms with Crippen LogP contribution in [0.4, 0.5) is 0 Å². The number of fused-ring (bicyclic) bond motifs is 2. The number of hydrogen-bond acceptors (Lipinski definition) is 6. The topological polar surface area (TPSA) is 49.9 Å². The summed E-state index contributed by atoms with van der Waals surface area (Å²) < 4.78 is 6.02. The molecule has 1 saturated heterocycles. The molecule has 0 unspecified atom stereocenters. The largest absolute Gasteiger partial charge is 0.455 e. The molecule has 2 heterocycles. The fourth-order valence-corrected chi connectivity index (χ4v) is 5.49. The van der Waals surface area contributed by atoms with Crippen LogP contribution in [0.15, 0.2) is 76.5 Å². The highest BCUT2D eigenvalue weighted by Gasteiger charge is 2.22. The van der Waals surface area contributed by atoms with Crippen molar-refractivity contribution in [1.29, 1.82) is 0 Å². The van der Waals surface area contributed by atoms with Crippen molar-refractivity contribution >= 4 is 23.3 Å². The highest BCUT2D eigenvalue weighted by Crippen LogP contribution is 2.47. The van der Waals surface area contributed by atoms with E-state index in [0.29, 0.717) is 18.5 Å². The maximum atomic E-state index is 12.8. The summed E-state index contributed by atoms with van der Waals surface area (Å²) in [5.74, 6) is 1.82. The van der Waals surface area contributed by atoms with Crippen molar-refractivity contribution in [2.75, 3.05) is 32.7 Å². The highest BCUT2D eigenvalue weighted by molar-refractivity contribution is 7.99. The number of carbonyl (C=O) groups is 2. The molecule has 0 N–H and O–H groups in total. The molecule has 0 bridgehead atoms. The van der Waals surface area contributed by atoms with E-state index in [-0.39, 0.29) is 11.6 Å². The van der Waals surface area contributed by atoms with Crippen LogP contribution in [0, 0.1) is 0 Å². The van der Waals surface area contributed by atoms with Gasteiger partial charge >= 0.3 is 0 Å². The fourth-order valence-electron chi connectivity index (χ4n) is 4.43. The molecule has 0 radical (unpaired) electrons. The zero-order valence-corrected chi connectivity index (χ0v) is 20.1. The molecule has 0 atom stereocenters. The van der Waals surface area contributed by atoms with Crippen LogP contribution >= 0.6 is 11.8 Å². The Morgan fingerprint density at radius 1 is 0.824 bits per heavy atom. The molecule has 174 valence electrons. The number of rotatable bonds is 7. The summed E-state index contributed by atoms with van der Waals surface area (Å²) in [5.41, 5.74) is 3.00. The first-order chi connectivity index (χ1) is 16.5. The van der Waals surface area contributed by atoms with Gasteiger partial charge in [-0.1, -0.05) is 48.2 Å². The summed E-state index contributed by atoms with van der Waals surface area (Å²) in [6, 6.07) is 22.0. The lowest BCUT2D eigenvalue weighted by Gasteiger charge is -2.34. The number of nitrogens with zero attached hydrogens (tertiary/aromatic N) is 2. The third-order valence-electron chi connectivity index (χ3n) is 6.31. The third kappa shape index (κ3) is 5.41. The van der Waals surface area contributed by atoms with Gasteiger partial charge in [-0.15, -0.1) is 0 Å². The zero-order chi connectivity index (χ0) is 23.5. The first-order valence-electron chi connectivity index (χ1n) is 11.7. The third-order valence-corrected chi connectivity index (χ3v) is 7.39. The fraction of sp³-hybridized carbons (Fsp3) is 0.286. The number of ether oxygens (including phenoxy) is 1. The lowest BCUT2D eigenvalue weighted by atomic mass is 10.1. The molecule has 0 spiro atoms. The van der Waals surface area contributed by atoms with Crippen LogP contribution < -0.4 is 4.74 Å². The first kappa shape index (κ1) is 22.8. The summed E-state index contributed by atoms with van der Waals surface area (Å²) in [6.45, 7) is 6.83. The van der Waals surface area contributed by atoms with Gasteiger partial charge in [0.05, 0.1) is 16.3 Å². The second-order valence-electron chi connectivity index (χ2n) is 8.96. The second-order valence-corrected chi connectivity index (χ2v) is 10.0. The standard InChI is InChI=1S/C28H28N2O3S/c1-20(31)23-8-10-26-28(17-23)34-27-16-22(7-9-25(27)33-26)15-24(32)19-30-13-11-29(12-14-30)18-21-5-3-2-4-6-21/h2-10,16-17H,11-15,18-19H2,1H3. The Bertz CT molecular complexity index is 1200. The monoisotopic (exact) mass is 472 g/mol. The molecular formula is C28H28N2O3S. The molecule has 0 saturated carbocycles. The number of ketones is 2. The highest BCUT2D eigenvalue weighted by atomic mass is 32.2. The predicted octanol–water partition coefficient (Wildman–Crippen LogP) is 5.08. The number of Topliss-reactive ketones (excluding diaryl/α,β-unsaturated/α-hetero) is 2. The van der Waals surface area contributed by atoms with E-state index in [0.717, 1.165) is 59.6 Å². The summed E-state index contributed by atoms with van der Waals surface area (Å²) in [6.07, 6.45) is 0.415. The van der Waals surface area contributed by atoms with Crippen molar-refractivity contribution in [2.24, 2.45) is 0 Å². The minimum absolute atomic E-state index is 0.0365. The summed E-state index contributed by atoms with van der Waals surface area (Å²) in [7, 11) is 0. The van der Waals surface area contributed by atoms with Crippen molar-refractivity contribution in [3.8, 4) is 11.5 Å². The molecule has 0 amide bonds. The minimum Gasteiger partial charge on any atom is -0.455 e. The van der Waals surface area contributed by atoms with E-state index in [1.165, 1.54) is 5.56 Å². The average Bonchev–Trinajstić information content (AvgIpc) is 2.84. The number of carbonyl (C=O) groups excluding carboxylic acids is 2. The number of hydrogen-bond donors (Lipinski definition) is 0. The van der Waals surface area contributed by atoms with Crippen molar-refractivity contribution in [1.82, 2.24) is 9.80 Å². The Morgan fingerprint density at radius 3 is 2.24 bits per heavy atom. The quantitative estimate of drug-likeness (QED) is 0.350. The molecule has 3 aromatic carbocycles. The Labute approximate surface area is 204 Å². The first-order valence-corrected chi connectivity index (χ1v) is 12.5. The van der Waals surface area contributed by atoms with Crippen LogP contribution in [0.1, 0.15) is 28.4 Å². The van der Waals surface area contributed by atoms with Gasteiger partial charge in [0.15, 0.2) is 11.6 Å². The van der Waals surface area contributed by atoms with Crippen molar-refractivity contribution in [3.63, 3.8) is 0 Å². The number of benzene rings is 3. The molecule has 5 rings (SSSR count). The van der Waals surface area contributed by atoms with Gasteiger partial charge in [0.25, 0.3) is 0 Å². The molecule has 2 aliphatic rings. The second kappa shape index (κ2) is 10.1. The van der Waals surface area contributed by atoms with Gasteiger partial charge in [-0.2, -0.15) is 0 Å². The Balaban J connectivity index is 1.15. The lowest BCUT2D eigenvalue weighted by molar-refractivity contribution is -0.120. The average molecular weight is 473 g/mol. The maximum Gasteiger partial charge on any atom is 0.159 e. The van der Waals surface area contributed by atoms with Crippen LogP contribution in [0.5, 0.6) is 11.5 Å². The van der Waals surface area contributed by atoms with Gasteiger partial charge in [-0.25, -0.2) is 0 Å². The smallest absolute Gasteiger partial charge is 0.159 e. The van der Waals surface area contributed by atoms with Crippen LogP contribution in [0.2, 0.25) is 0 Å². The lowest BCUT2D eigenvalue weighted by Crippen LogP contribution is -2.47. The van der Waals surface area contributed by atoms with Crippen molar-refractivity contribution in [3.05, 3.63) is 83.4 Å². The minimum atomic E-state index is 0.0365. The molecule has 0 aliphatic carbocycles. The van der Waals surface area contributed by atoms with Gasteiger partial charge in [0.2, 0.25) is 0 Å². The Morgan fingerprint density at radius 2 is 1.50 bits per heavy atom. The van der Waals surface area contributed by atoms with E-state index < -0.39 is 0 Å². The van der Waals surface area contributed by atoms with E-state index in [9.17, 15) is 9.59 Å². The van der Waals surface area contributed by atoms with Crippen LogP contribution in [-0.2, 0) is 17.8 Å². The Kier molecular flexibility index (Phi) is 6.81.